The lowest BCUT2D eigenvalue weighted by molar-refractivity contribution is -0.313. The number of ether oxygens (including phenoxy) is 3. The van der Waals surface area contributed by atoms with Gasteiger partial charge < -0.3 is 29.5 Å². The van der Waals surface area contributed by atoms with Gasteiger partial charge in [-0.2, -0.15) is 0 Å². The summed E-state index contributed by atoms with van der Waals surface area (Å²) in [5.41, 5.74) is 2.13. The van der Waals surface area contributed by atoms with Crippen LogP contribution in [0.5, 0.6) is 0 Å². The molecular formula is C50H88O7. The van der Waals surface area contributed by atoms with Crippen LogP contribution in [0, 0.1) is 52.3 Å². The lowest BCUT2D eigenvalue weighted by atomic mass is 9.47. The molecule has 0 radical (unpaired) electrons. The van der Waals surface area contributed by atoms with Crippen molar-refractivity contribution in [3.63, 3.8) is 0 Å². The average molecular weight is 801 g/mol. The Morgan fingerprint density at radius 3 is 2.12 bits per heavy atom. The van der Waals surface area contributed by atoms with Crippen molar-refractivity contribution in [1.82, 2.24) is 0 Å². The van der Waals surface area contributed by atoms with Crippen molar-refractivity contribution in [2.45, 2.75) is 239 Å². The summed E-state index contributed by atoms with van der Waals surface area (Å²) < 4.78 is 18.0. The summed E-state index contributed by atoms with van der Waals surface area (Å²) in [5.74, 6) is 5.24. The van der Waals surface area contributed by atoms with Crippen molar-refractivity contribution in [3.05, 3.63) is 11.6 Å². The van der Waals surface area contributed by atoms with E-state index in [1.807, 2.05) is 0 Å². The number of fused-ring (bicyclic) bond motifs is 5. The molecule has 57 heavy (non-hydrogen) atoms. The van der Waals surface area contributed by atoms with Gasteiger partial charge in [0.1, 0.15) is 31.0 Å². The minimum Gasteiger partial charge on any atom is -0.463 e. The number of aliphatic hydroxyl groups excluding tert-OH is 3. The Morgan fingerprint density at radius 1 is 0.807 bits per heavy atom. The standard InChI is InChI=1S/C50H88O7/c1-8-10-11-12-13-14-15-16-17-18-19-20-21-44(51)55-33-43-45(52)46(53)47(54)48(57-43)56-38-28-30-49(6)37(32-38)24-25-39-41-27-26-40(50(41,7)31-29-42(39)49)35(5)22-23-36(9-2)34(3)4/h24,34-36,38-43,45-48,52-54H,8-23,25-33H2,1-7H3/t35-,36-,38+,39+,40-,41+,42+,43-,45-,46+,47-,48-,49+,50-/m1/s1. The molecule has 3 N–H and O–H groups in total. The van der Waals surface area contributed by atoms with E-state index in [4.69, 9.17) is 14.2 Å². The van der Waals surface area contributed by atoms with Crippen molar-refractivity contribution in [2.24, 2.45) is 52.3 Å². The second kappa shape index (κ2) is 22.2. The molecule has 14 atom stereocenters. The molecule has 0 aromatic carbocycles. The van der Waals surface area contributed by atoms with Crippen LogP contribution in [0.1, 0.15) is 203 Å². The first-order valence-electron chi connectivity index (χ1n) is 24.5. The monoisotopic (exact) mass is 801 g/mol. The molecule has 3 saturated carbocycles. The van der Waals surface area contributed by atoms with Crippen molar-refractivity contribution in [1.29, 1.82) is 0 Å². The molecule has 5 aliphatic rings. The fraction of sp³-hybridized carbons (Fsp3) is 0.940. The van der Waals surface area contributed by atoms with Crippen LogP contribution in [0.2, 0.25) is 0 Å². The van der Waals surface area contributed by atoms with Gasteiger partial charge in [0.2, 0.25) is 0 Å². The summed E-state index contributed by atoms with van der Waals surface area (Å²) in [7, 11) is 0. The van der Waals surface area contributed by atoms with Crippen LogP contribution in [-0.2, 0) is 19.0 Å². The third kappa shape index (κ3) is 11.7. The van der Waals surface area contributed by atoms with Crippen LogP contribution in [0.3, 0.4) is 0 Å². The van der Waals surface area contributed by atoms with Gasteiger partial charge in [-0.3, -0.25) is 4.79 Å². The largest absolute Gasteiger partial charge is 0.463 e. The quantitative estimate of drug-likeness (QED) is 0.0537. The molecule has 1 aliphatic heterocycles. The highest BCUT2D eigenvalue weighted by Gasteiger charge is 2.59. The molecule has 0 amide bonds. The van der Waals surface area contributed by atoms with E-state index in [1.165, 1.54) is 108 Å². The van der Waals surface area contributed by atoms with Crippen LogP contribution in [-0.4, -0.2) is 64.7 Å². The lowest BCUT2D eigenvalue weighted by Gasteiger charge is -2.58. The molecule has 1 heterocycles. The minimum absolute atomic E-state index is 0.139. The number of esters is 1. The summed E-state index contributed by atoms with van der Waals surface area (Å²) in [5, 5.41) is 32.5. The fourth-order valence-corrected chi connectivity index (χ4v) is 13.1. The lowest BCUT2D eigenvalue weighted by Crippen LogP contribution is -2.60. The van der Waals surface area contributed by atoms with Gasteiger partial charge >= 0.3 is 5.97 Å². The highest BCUT2D eigenvalue weighted by atomic mass is 16.7. The average Bonchev–Trinajstić information content (AvgIpc) is 3.55. The number of unbranched alkanes of at least 4 members (excludes halogenated alkanes) is 11. The first-order chi connectivity index (χ1) is 27.3. The van der Waals surface area contributed by atoms with Gasteiger partial charge in [-0.25, -0.2) is 0 Å². The number of rotatable bonds is 23. The van der Waals surface area contributed by atoms with Crippen molar-refractivity contribution in [2.75, 3.05) is 6.61 Å². The van der Waals surface area contributed by atoms with Crippen LogP contribution in [0.25, 0.3) is 0 Å². The van der Waals surface area contributed by atoms with E-state index in [0.717, 1.165) is 80.5 Å². The zero-order valence-electron chi connectivity index (χ0n) is 37.7. The highest BCUT2D eigenvalue weighted by Crippen LogP contribution is 2.67. The van der Waals surface area contributed by atoms with Crippen molar-refractivity contribution >= 4 is 5.97 Å². The molecule has 4 fully saturated rings. The number of hydrogen-bond acceptors (Lipinski definition) is 7. The van der Waals surface area contributed by atoms with E-state index >= 15 is 0 Å². The molecule has 7 nitrogen and oxygen atoms in total. The Kier molecular flexibility index (Phi) is 18.3. The summed E-state index contributed by atoms with van der Waals surface area (Å²) in [6, 6.07) is 0. The molecule has 5 rings (SSSR count). The van der Waals surface area contributed by atoms with Gasteiger partial charge in [-0.05, 0) is 116 Å². The Hall–Kier alpha value is -0.990. The zero-order valence-corrected chi connectivity index (χ0v) is 37.7. The normalized spacial score (nSPS) is 37.6. The first kappa shape index (κ1) is 47.1. The Labute approximate surface area is 349 Å². The van der Waals surface area contributed by atoms with Crippen molar-refractivity contribution < 1.29 is 34.3 Å². The SMILES string of the molecule is CCCCCCCCCCCCCCC(=O)OC[C@H]1O[C@@H](O[C@H]2CC[C@@]3(C)C(=CC[C@H]4[C@@H]5CC[C@H]([C@H](C)CC[C@@H](CC)C(C)C)[C@@]5(C)CC[C@@H]43)C2)[C@H](O)[C@@H](O)[C@@H]1O. The molecule has 7 heteroatoms. The molecule has 4 aliphatic carbocycles. The molecule has 0 aromatic heterocycles. The van der Waals surface area contributed by atoms with E-state index in [1.54, 1.807) is 0 Å². The summed E-state index contributed by atoms with van der Waals surface area (Å²) >= 11 is 0. The third-order valence-electron chi connectivity index (χ3n) is 16.9. The third-order valence-corrected chi connectivity index (χ3v) is 16.9. The second-order valence-corrected chi connectivity index (χ2v) is 20.8. The highest BCUT2D eigenvalue weighted by molar-refractivity contribution is 5.69. The number of aliphatic hydroxyl groups is 3. The first-order valence-corrected chi connectivity index (χ1v) is 24.5. The van der Waals surface area contributed by atoms with Crippen molar-refractivity contribution in [3.8, 4) is 0 Å². The molecule has 330 valence electrons. The number of allylic oxidation sites excluding steroid dienone is 1. The fourth-order valence-electron chi connectivity index (χ4n) is 13.1. The molecule has 0 aromatic rings. The Bertz CT molecular complexity index is 1230. The summed E-state index contributed by atoms with van der Waals surface area (Å²) in [4.78, 5) is 12.6. The van der Waals surface area contributed by atoms with Crippen LogP contribution in [0.4, 0.5) is 0 Å². The van der Waals surface area contributed by atoms with Gasteiger partial charge in [-0.1, -0.05) is 144 Å². The van der Waals surface area contributed by atoms with E-state index in [9.17, 15) is 20.1 Å². The van der Waals surface area contributed by atoms with E-state index < -0.39 is 30.7 Å². The minimum atomic E-state index is -1.44. The van der Waals surface area contributed by atoms with Crippen LogP contribution >= 0.6 is 0 Å². The smallest absolute Gasteiger partial charge is 0.305 e. The maximum absolute atomic E-state index is 12.6. The number of carbonyl (C=O) groups is 1. The maximum atomic E-state index is 12.6. The van der Waals surface area contributed by atoms with Gasteiger partial charge in [0, 0.05) is 6.42 Å². The predicted molar refractivity (Wildman–Crippen MR) is 230 cm³/mol. The van der Waals surface area contributed by atoms with E-state index in [0.29, 0.717) is 17.8 Å². The van der Waals surface area contributed by atoms with Crippen LogP contribution in [0.15, 0.2) is 11.6 Å². The Balaban J connectivity index is 1.06. The van der Waals surface area contributed by atoms with Gasteiger partial charge in [0.05, 0.1) is 6.10 Å². The summed E-state index contributed by atoms with van der Waals surface area (Å²) in [6.07, 6.45) is 24.7. The maximum Gasteiger partial charge on any atom is 0.305 e. The van der Waals surface area contributed by atoms with Crippen LogP contribution < -0.4 is 0 Å². The molecule has 0 spiro atoms. The number of hydrogen-bond donors (Lipinski definition) is 3. The molecule has 0 unspecified atom stereocenters. The summed E-state index contributed by atoms with van der Waals surface area (Å²) in [6.45, 7) is 17.0. The number of carbonyl (C=O) groups excluding carboxylic acids is 1. The van der Waals surface area contributed by atoms with E-state index in [-0.39, 0.29) is 24.1 Å². The predicted octanol–water partition coefficient (Wildman–Crippen LogP) is 11.5. The van der Waals surface area contributed by atoms with Gasteiger partial charge in [0.15, 0.2) is 6.29 Å². The zero-order chi connectivity index (χ0) is 41.2. The topological polar surface area (TPSA) is 105 Å². The Morgan fingerprint density at radius 2 is 1.47 bits per heavy atom. The molecular weight excluding hydrogens is 713 g/mol. The second-order valence-electron chi connectivity index (χ2n) is 20.8. The molecule has 1 saturated heterocycles. The molecule has 0 bridgehead atoms. The van der Waals surface area contributed by atoms with Gasteiger partial charge in [0.25, 0.3) is 0 Å². The van der Waals surface area contributed by atoms with E-state index in [2.05, 4.69) is 54.5 Å². The van der Waals surface area contributed by atoms with Gasteiger partial charge in [-0.15, -0.1) is 0 Å².